The lowest BCUT2D eigenvalue weighted by atomic mass is 9.98. The van der Waals surface area contributed by atoms with E-state index in [0.29, 0.717) is 5.92 Å². The summed E-state index contributed by atoms with van der Waals surface area (Å²) < 4.78 is 6.81. The zero-order valence-electron chi connectivity index (χ0n) is 11.1. The molecule has 0 bridgehead atoms. The standard InChI is InChI=1S/C15H21BrO2/c1-10(2)7-14(17)4-3-11-8-13(16)9-12-5-6-18-15(11)12/h8-10,14,17H,3-7H2,1-2H3. The van der Waals surface area contributed by atoms with Crippen molar-refractivity contribution >= 4 is 15.9 Å². The average molecular weight is 313 g/mol. The van der Waals surface area contributed by atoms with Gasteiger partial charge >= 0.3 is 0 Å². The SMILES string of the molecule is CC(C)CC(O)CCc1cc(Br)cc2c1OCC2. The summed E-state index contributed by atoms with van der Waals surface area (Å²) in [5, 5.41) is 9.95. The van der Waals surface area contributed by atoms with E-state index in [4.69, 9.17) is 4.74 Å². The highest BCUT2D eigenvalue weighted by Gasteiger charge is 2.18. The number of hydrogen-bond acceptors (Lipinski definition) is 2. The second-order valence-corrected chi connectivity index (χ2v) is 6.39. The summed E-state index contributed by atoms with van der Waals surface area (Å²) in [6, 6.07) is 4.25. The number of aliphatic hydroxyl groups is 1. The molecule has 1 heterocycles. The first-order valence-electron chi connectivity index (χ1n) is 6.68. The Morgan fingerprint density at radius 3 is 2.89 bits per heavy atom. The van der Waals surface area contributed by atoms with E-state index in [1.54, 1.807) is 0 Å². The van der Waals surface area contributed by atoms with E-state index in [2.05, 4.69) is 41.9 Å². The molecule has 100 valence electrons. The minimum Gasteiger partial charge on any atom is -0.493 e. The summed E-state index contributed by atoms with van der Waals surface area (Å²) in [4.78, 5) is 0. The summed E-state index contributed by atoms with van der Waals surface area (Å²) in [5.74, 6) is 1.60. The fraction of sp³-hybridized carbons (Fsp3) is 0.600. The van der Waals surface area contributed by atoms with Gasteiger partial charge in [0.25, 0.3) is 0 Å². The molecule has 2 nitrogen and oxygen atoms in total. The van der Waals surface area contributed by atoms with Crippen LogP contribution in [0.2, 0.25) is 0 Å². The summed E-state index contributed by atoms with van der Waals surface area (Å²) in [6.07, 6.45) is 3.36. The Morgan fingerprint density at radius 1 is 1.39 bits per heavy atom. The van der Waals surface area contributed by atoms with Gasteiger partial charge in [0.15, 0.2) is 0 Å². The van der Waals surface area contributed by atoms with Gasteiger partial charge in [-0.15, -0.1) is 0 Å². The molecule has 0 amide bonds. The number of aryl methyl sites for hydroxylation is 1. The molecule has 1 aromatic carbocycles. The van der Waals surface area contributed by atoms with Crippen molar-refractivity contribution in [2.24, 2.45) is 5.92 Å². The van der Waals surface area contributed by atoms with Crippen molar-refractivity contribution in [3.63, 3.8) is 0 Å². The molecule has 0 radical (unpaired) electrons. The first kappa shape index (κ1) is 13.9. The van der Waals surface area contributed by atoms with Gasteiger partial charge in [-0.05, 0) is 48.4 Å². The molecule has 1 aliphatic heterocycles. The largest absolute Gasteiger partial charge is 0.493 e. The van der Waals surface area contributed by atoms with Crippen molar-refractivity contribution < 1.29 is 9.84 Å². The molecule has 2 rings (SSSR count). The number of hydrogen-bond donors (Lipinski definition) is 1. The summed E-state index contributed by atoms with van der Waals surface area (Å²) >= 11 is 3.55. The van der Waals surface area contributed by atoms with Crippen LogP contribution >= 0.6 is 15.9 Å². The molecule has 0 aliphatic carbocycles. The molecule has 1 atom stereocenters. The van der Waals surface area contributed by atoms with Crippen molar-refractivity contribution in [1.29, 1.82) is 0 Å². The van der Waals surface area contributed by atoms with Crippen LogP contribution in [0.1, 0.15) is 37.8 Å². The van der Waals surface area contributed by atoms with Gasteiger partial charge in [0.2, 0.25) is 0 Å². The van der Waals surface area contributed by atoms with E-state index in [0.717, 1.165) is 42.5 Å². The van der Waals surface area contributed by atoms with Crippen molar-refractivity contribution in [2.45, 2.75) is 45.6 Å². The molecule has 18 heavy (non-hydrogen) atoms. The lowest BCUT2D eigenvalue weighted by Crippen LogP contribution is -2.11. The molecule has 1 aliphatic rings. The van der Waals surface area contributed by atoms with Crippen molar-refractivity contribution in [1.82, 2.24) is 0 Å². The third-order valence-electron chi connectivity index (χ3n) is 3.32. The molecule has 1 aromatic rings. The van der Waals surface area contributed by atoms with Crippen molar-refractivity contribution in [3.05, 3.63) is 27.7 Å². The molecule has 1 unspecified atom stereocenters. The molecule has 0 fully saturated rings. The van der Waals surface area contributed by atoms with Crippen LogP contribution in [0, 0.1) is 5.92 Å². The fourth-order valence-electron chi connectivity index (χ4n) is 2.52. The second kappa shape index (κ2) is 6.07. The van der Waals surface area contributed by atoms with Crippen LogP contribution in [0.15, 0.2) is 16.6 Å². The molecule has 1 N–H and O–H groups in total. The quantitative estimate of drug-likeness (QED) is 0.897. The molecule has 0 saturated heterocycles. The van der Waals surface area contributed by atoms with Crippen LogP contribution in [-0.2, 0) is 12.8 Å². The number of rotatable bonds is 5. The van der Waals surface area contributed by atoms with Gasteiger partial charge in [-0.1, -0.05) is 29.8 Å². The highest BCUT2D eigenvalue weighted by atomic mass is 79.9. The second-order valence-electron chi connectivity index (χ2n) is 5.47. The zero-order chi connectivity index (χ0) is 13.1. The fourth-order valence-corrected chi connectivity index (χ4v) is 3.07. The molecule has 0 saturated carbocycles. The summed E-state index contributed by atoms with van der Waals surface area (Å²) in [7, 11) is 0. The Bertz CT molecular complexity index is 415. The van der Waals surface area contributed by atoms with Gasteiger partial charge in [0, 0.05) is 10.9 Å². The predicted molar refractivity (Wildman–Crippen MR) is 77.1 cm³/mol. The van der Waals surface area contributed by atoms with Crippen LogP contribution in [0.3, 0.4) is 0 Å². The smallest absolute Gasteiger partial charge is 0.125 e. The third-order valence-corrected chi connectivity index (χ3v) is 3.77. The highest BCUT2D eigenvalue weighted by molar-refractivity contribution is 9.10. The Kier molecular flexibility index (Phi) is 4.68. The van der Waals surface area contributed by atoms with E-state index >= 15 is 0 Å². The van der Waals surface area contributed by atoms with Crippen LogP contribution < -0.4 is 4.74 Å². The van der Waals surface area contributed by atoms with Gasteiger partial charge < -0.3 is 9.84 Å². The van der Waals surface area contributed by atoms with Gasteiger partial charge in [0.1, 0.15) is 5.75 Å². The van der Waals surface area contributed by atoms with Crippen LogP contribution in [0.25, 0.3) is 0 Å². The van der Waals surface area contributed by atoms with E-state index < -0.39 is 0 Å². The van der Waals surface area contributed by atoms with Gasteiger partial charge in [-0.3, -0.25) is 0 Å². The number of halogens is 1. The van der Waals surface area contributed by atoms with E-state index in [-0.39, 0.29) is 6.10 Å². The normalized spacial score (nSPS) is 15.6. The summed E-state index contributed by atoms with van der Waals surface area (Å²) in [5.41, 5.74) is 2.51. The first-order valence-corrected chi connectivity index (χ1v) is 7.47. The monoisotopic (exact) mass is 312 g/mol. The van der Waals surface area contributed by atoms with Crippen molar-refractivity contribution in [2.75, 3.05) is 6.61 Å². The van der Waals surface area contributed by atoms with Crippen LogP contribution in [0.5, 0.6) is 5.75 Å². The molecule has 0 spiro atoms. The minimum atomic E-state index is -0.207. The topological polar surface area (TPSA) is 29.5 Å². The lowest BCUT2D eigenvalue weighted by Gasteiger charge is -2.14. The minimum absolute atomic E-state index is 0.207. The Morgan fingerprint density at radius 2 is 2.17 bits per heavy atom. The lowest BCUT2D eigenvalue weighted by molar-refractivity contribution is 0.139. The van der Waals surface area contributed by atoms with Gasteiger partial charge in [0.05, 0.1) is 12.7 Å². The predicted octanol–water partition coefficient (Wildman–Crippen LogP) is 3.72. The van der Waals surface area contributed by atoms with Crippen LogP contribution in [-0.4, -0.2) is 17.8 Å². The maximum absolute atomic E-state index is 9.95. The number of ether oxygens (including phenoxy) is 1. The molecular formula is C15H21BrO2. The molecule has 0 aromatic heterocycles. The Balaban J connectivity index is 2.01. The van der Waals surface area contributed by atoms with E-state index in [9.17, 15) is 5.11 Å². The molecule has 3 heteroatoms. The third kappa shape index (κ3) is 3.48. The van der Waals surface area contributed by atoms with Gasteiger partial charge in [-0.25, -0.2) is 0 Å². The maximum atomic E-state index is 9.95. The zero-order valence-corrected chi connectivity index (χ0v) is 12.7. The number of fused-ring (bicyclic) bond motifs is 1. The maximum Gasteiger partial charge on any atom is 0.125 e. The average Bonchev–Trinajstić information content (AvgIpc) is 2.72. The first-order chi connectivity index (χ1) is 8.56. The number of benzene rings is 1. The molecular weight excluding hydrogens is 292 g/mol. The Labute approximate surface area is 117 Å². The Hall–Kier alpha value is -0.540. The van der Waals surface area contributed by atoms with Crippen molar-refractivity contribution in [3.8, 4) is 5.75 Å². The number of aliphatic hydroxyl groups excluding tert-OH is 1. The summed E-state index contributed by atoms with van der Waals surface area (Å²) in [6.45, 7) is 5.07. The van der Waals surface area contributed by atoms with Gasteiger partial charge in [-0.2, -0.15) is 0 Å². The van der Waals surface area contributed by atoms with E-state index in [1.165, 1.54) is 11.1 Å². The highest BCUT2D eigenvalue weighted by Crippen LogP contribution is 2.34. The van der Waals surface area contributed by atoms with E-state index in [1.807, 2.05) is 0 Å². The van der Waals surface area contributed by atoms with Crippen LogP contribution in [0.4, 0.5) is 0 Å².